The number of halogens is 3. The van der Waals surface area contributed by atoms with E-state index in [1.807, 2.05) is 0 Å². The Labute approximate surface area is 201 Å². The van der Waals surface area contributed by atoms with Crippen LogP contribution in [0.2, 0.25) is 5.02 Å². The Kier molecular flexibility index (Phi) is 5.96. The second kappa shape index (κ2) is 8.37. The third kappa shape index (κ3) is 4.17. The molecule has 2 N–H and O–H groups in total. The molecule has 1 unspecified atom stereocenters. The van der Waals surface area contributed by atoms with Crippen LogP contribution in [0.25, 0.3) is 0 Å². The van der Waals surface area contributed by atoms with Crippen LogP contribution in [0, 0.1) is 18.6 Å². The highest BCUT2D eigenvalue weighted by Crippen LogP contribution is 2.42. The number of pyridine rings is 1. The maximum Gasteiger partial charge on any atom is 0.410 e. The van der Waals surface area contributed by atoms with Gasteiger partial charge in [-0.05, 0) is 40.2 Å². The molecule has 0 aliphatic carbocycles. The van der Waals surface area contributed by atoms with Gasteiger partial charge in [0.1, 0.15) is 11.4 Å². The van der Waals surface area contributed by atoms with Crippen molar-refractivity contribution in [3.05, 3.63) is 57.2 Å². The van der Waals surface area contributed by atoms with Crippen LogP contribution in [0.15, 0.2) is 18.3 Å². The van der Waals surface area contributed by atoms with Gasteiger partial charge in [0.25, 0.3) is 5.91 Å². The van der Waals surface area contributed by atoms with Crippen molar-refractivity contribution in [1.29, 1.82) is 0 Å². The lowest BCUT2D eigenvalue weighted by atomic mass is 9.72. The molecule has 0 saturated carbocycles. The first-order valence-electron chi connectivity index (χ1n) is 11.0. The summed E-state index contributed by atoms with van der Waals surface area (Å²) < 4.78 is 36.4. The van der Waals surface area contributed by atoms with Crippen LogP contribution >= 0.6 is 11.6 Å². The minimum absolute atomic E-state index is 0.00856. The van der Waals surface area contributed by atoms with Gasteiger partial charge in [0.2, 0.25) is 0 Å². The number of rotatable bonds is 3. The van der Waals surface area contributed by atoms with Crippen molar-refractivity contribution < 1.29 is 23.1 Å². The van der Waals surface area contributed by atoms with E-state index in [1.165, 1.54) is 11.1 Å². The van der Waals surface area contributed by atoms with E-state index in [1.54, 1.807) is 46.8 Å². The van der Waals surface area contributed by atoms with Crippen molar-refractivity contribution in [1.82, 2.24) is 15.2 Å². The third-order valence-electron chi connectivity index (χ3n) is 6.16. The summed E-state index contributed by atoms with van der Waals surface area (Å²) in [5, 5.41) is 5.66. The number of hydrogen-bond acceptors (Lipinski definition) is 5. The first-order valence-corrected chi connectivity index (χ1v) is 11.4. The molecular formula is C24H27ClF2N4O3. The fraction of sp³-hybridized carbons (Fsp3) is 0.458. The summed E-state index contributed by atoms with van der Waals surface area (Å²) in [5.41, 5.74) is -0.992. The number of nitrogens with one attached hydrogen (secondary N) is 2. The Morgan fingerprint density at radius 3 is 2.62 bits per heavy atom. The Morgan fingerprint density at radius 1 is 1.29 bits per heavy atom. The molecule has 34 heavy (non-hydrogen) atoms. The smallest absolute Gasteiger partial charge is 0.410 e. The number of carbonyl (C=O) groups is 2. The number of carbonyl (C=O) groups excluding carboxylic acids is 2. The van der Waals surface area contributed by atoms with Crippen molar-refractivity contribution in [2.24, 2.45) is 0 Å². The largest absolute Gasteiger partial charge is 0.444 e. The highest BCUT2D eigenvalue weighted by Gasteiger charge is 2.43. The molecule has 1 aromatic carbocycles. The van der Waals surface area contributed by atoms with Gasteiger partial charge in [-0.2, -0.15) is 0 Å². The van der Waals surface area contributed by atoms with E-state index < -0.39 is 34.7 Å². The summed E-state index contributed by atoms with van der Waals surface area (Å²) >= 11 is 6.14. The molecule has 0 bridgehead atoms. The average molecular weight is 493 g/mol. The lowest BCUT2D eigenvalue weighted by Crippen LogP contribution is -2.58. The van der Waals surface area contributed by atoms with Gasteiger partial charge in [-0.3, -0.25) is 4.79 Å². The standard InChI is InChI=1S/C24H27ClF2N4O3/c1-12-6-7-15(18(26)17(12)25)24(5)11-29-21(32)14-8-28-20(19(27)16(14)24)30-13-9-31(10-13)22(33)34-23(2,3)4/h6-8,13H,9-11H2,1-5H3,(H,28,30)(H,29,32). The number of aryl methyl sites for hydroxylation is 1. The number of amides is 2. The van der Waals surface area contributed by atoms with Crippen LogP contribution in [0.5, 0.6) is 0 Å². The molecule has 1 saturated heterocycles. The number of likely N-dealkylation sites (tertiary alicyclic amines) is 1. The zero-order valence-corrected chi connectivity index (χ0v) is 20.4. The molecule has 2 amide bonds. The van der Waals surface area contributed by atoms with Crippen molar-refractivity contribution in [3.8, 4) is 0 Å². The average Bonchev–Trinajstić information content (AvgIpc) is 2.71. The SMILES string of the molecule is Cc1ccc(C2(C)CNC(=O)c3cnc(NC4CN(C(=O)OC(C)(C)C)C4)c(F)c32)c(F)c1Cl. The Balaban J connectivity index is 1.63. The molecule has 0 spiro atoms. The molecule has 10 heteroatoms. The lowest BCUT2D eigenvalue weighted by Gasteiger charge is -2.41. The monoisotopic (exact) mass is 492 g/mol. The number of anilines is 1. The molecule has 0 radical (unpaired) electrons. The summed E-state index contributed by atoms with van der Waals surface area (Å²) in [5.74, 6) is -1.93. The first kappa shape index (κ1) is 24.2. The van der Waals surface area contributed by atoms with Gasteiger partial charge in [0.05, 0.1) is 16.6 Å². The number of aromatic nitrogens is 1. The van der Waals surface area contributed by atoms with Gasteiger partial charge < -0.3 is 20.3 Å². The predicted octanol–water partition coefficient (Wildman–Crippen LogP) is 4.40. The zero-order chi connectivity index (χ0) is 25.0. The Hall–Kier alpha value is -2.94. The van der Waals surface area contributed by atoms with Crippen LogP contribution in [0.1, 0.15) is 54.7 Å². The highest BCUT2D eigenvalue weighted by atomic mass is 35.5. The number of benzene rings is 1. The number of ether oxygens (including phenoxy) is 1. The van der Waals surface area contributed by atoms with E-state index in [0.717, 1.165) is 0 Å². The minimum Gasteiger partial charge on any atom is -0.444 e. The van der Waals surface area contributed by atoms with Crippen molar-refractivity contribution in [2.75, 3.05) is 25.0 Å². The second-order valence-corrected chi connectivity index (χ2v) is 10.4. The normalized spacial score (nSPS) is 20.4. The molecule has 1 atom stereocenters. The molecule has 182 valence electrons. The van der Waals surface area contributed by atoms with Gasteiger partial charge in [-0.25, -0.2) is 18.6 Å². The van der Waals surface area contributed by atoms with Crippen LogP contribution in [-0.2, 0) is 10.2 Å². The molecule has 2 aliphatic heterocycles. The highest BCUT2D eigenvalue weighted by molar-refractivity contribution is 6.31. The maximum atomic E-state index is 15.9. The summed E-state index contributed by atoms with van der Waals surface area (Å²) in [6.45, 7) is 9.30. The fourth-order valence-corrected chi connectivity index (χ4v) is 4.45. The van der Waals surface area contributed by atoms with Gasteiger partial charge in [-0.1, -0.05) is 23.7 Å². The van der Waals surface area contributed by atoms with Crippen LogP contribution < -0.4 is 10.6 Å². The summed E-state index contributed by atoms with van der Waals surface area (Å²) in [6, 6.07) is 2.98. The number of nitrogens with zero attached hydrogens (tertiary/aromatic N) is 2. The van der Waals surface area contributed by atoms with Gasteiger partial charge >= 0.3 is 6.09 Å². The van der Waals surface area contributed by atoms with Crippen LogP contribution in [-0.4, -0.2) is 53.2 Å². The minimum atomic E-state index is -1.21. The van der Waals surface area contributed by atoms with E-state index in [-0.39, 0.29) is 40.1 Å². The first-order chi connectivity index (χ1) is 15.8. The van der Waals surface area contributed by atoms with Gasteiger partial charge in [0, 0.05) is 42.4 Å². The fourth-order valence-electron chi connectivity index (χ4n) is 4.28. The Bertz CT molecular complexity index is 1180. The number of fused-ring (bicyclic) bond motifs is 1. The molecule has 3 heterocycles. The van der Waals surface area contributed by atoms with Gasteiger partial charge in [0.15, 0.2) is 11.6 Å². The summed E-state index contributed by atoms with van der Waals surface area (Å²) in [6.07, 6.45) is 0.839. The predicted molar refractivity (Wildman–Crippen MR) is 124 cm³/mol. The lowest BCUT2D eigenvalue weighted by molar-refractivity contribution is 0.0104. The second-order valence-electron chi connectivity index (χ2n) is 10.0. The van der Waals surface area contributed by atoms with Crippen molar-refractivity contribution in [3.63, 3.8) is 0 Å². The molecule has 1 aromatic heterocycles. The molecule has 4 rings (SSSR count). The molecular weight excluding hydrogens is 466 g/mol. The Morgan fingerprint density at radius 2 is 1.97 bits per heavy atom. The van der Waals surface area contributed by atoms with Crippen LogP contribution in [0.4, 0.5) is 19.4 Å². The van der Waals surface area contributed by atoms with Crippen LogP contribution in [0.3, 0.4) is 0 Å². The summed E-state index contributed by atoms with van der Waals surface area (Å²) in [7, 11) is 0. The third-order valence-corrected chi connectivity index (χ3v) is 6.63. The maximum absolute atomic E-state index is 15.9. The molecule has 1 fully saturated rings. The summed E-state index contributed by atoms with van der Waals surface area (Å²) in [4.78, 5) is 30.2. The van der Waals surface area contributed by atoms with Crippen molar-refractivity contribution >= 4 is 29.4 Å². The number of hydrogen-bond donors (Lipinski definition) is 2. The zero-order valence-electron chi connectivity index (χ0n) is 19.7. The van der Waals surface area contributed by atoms with Gasteiger partial charge in [-0.15, -0.1) is 0 Å². The quantitative estimate of drug-likeness (QED) is 0.663. The van der Waals surface area contributed by atoms with E-state index in [4.69, 9.17) is 16.3 Å². The molecule has 7 nitrogen and oxygen atoms in total. The van der Waals surface area contributed by atoms with E-state index in [2.05, 4.69) is 15.6 Å². The topological polar surface area (TPSA) is 83.6 Å². The van der Waals surface area contributed by atoms with E-state index in [9.17, 15) is 9.59 Å². The van der Waals surface area contributed by atoms with Crippen molar-refractivity contribution in [2.45, 2.75) is 51.7 Å². The van der Waals surface area contributed by atoms with E-state index in [0.29, 0.717) is 18.7 Å². The van der Waals surface area contributed by atoms with E-state index >= 15 is 8.78 Å². The molecule has 2 aromatic rings. The molecule has 2 aliphatic rings.